The lowest BCUT2D eigenvalue weighted by atomic mass is 9.82. The van der Waals surface area contributed by atoms with Crippen LogP contribution in [0.4, 0.5) is 5.69 Å². The molecule has 1 fully saturated rings. The summed E-state index contributed by atoms with van der Waals surface area (Å²) in [4.78, 5) is 25.8. The molecule has 1 aliphatic carbocycles. The van der Waals surface area contributed by atoms with Crippen LogP contribution in [-0.2, 0) is 33.1 Å². The molecule has 0 saturated heterocycles. The molecule has 0 bridgehead atoms. The third-order valence-corrected chi connectivity index (χ3v) is 14.1. The smallest absolute Gasteiger partial charge is 0.168 e. The van der Waals surface area contributed by atoms with Crippen molar-refractivity contribution in [2.45, 2.75) is 120 Å². The largest absolute Gasteiger partial charge is 0.508 e. The maximum atomic E-state index is 14.0. The van der Waals surface area contributed by atoms with Crippen LogP contribution in [0.3, 0.4) is 0 Å². The first-order valence-corrected chi connectivity index (χ1v) is 23.6. The van der Waals surface area contributed by atoms with Crippen LogP contribution in [0.25, 0.3) is 21.9 Å². The zero-order chi connectivity index (χ0) is 42.6. The molecule has 1 aliphatic heterocycles. The number of aliphatic hydroxyl groups is 3. The van der Waals surface area contributed by atoms with E-state index in [1.54, 1.807) is 39.8 Å². The summed E-state index contributed by atoms with van der Waals surface area (Å²) in [6.45, 7) is 1.91. The van der Waals surface area contributed by atoms with Gasteiger partial charge >= 0.3 is 0 Å². The van der Waals surface area contributed by atoms with Gasteiger partial charge in [-0.1, -0.05) is 71.2 Å². The fraction of sp³-hybridized carbons (Fsp3) is 0.489. The summed E-state index contributed by atoms with van der Waals surface area (Å²) >= 11 is 0. The van der Waals surface area contributed by atoms with Crippen molar-refractivity contribution in [1.82, 2.24) is 5.32 Å². The second kappa shape index (κ2) is 21.8. The lowest BCUT2D eigenvalue weighted by Crippen LogP contribution is -2.34. The number of aliphatic hydroxyl groups excluding tert-OH is 2. The SMILES string of the molecule is COc1c(O)ccc2c1-c1ccc3ccc(O)cc3c1CSSC[C@@H](O)CC[C@@H](O[C@H](NCCCC1(O)CCCCC1)c1ccc(NCC(C)=O)c(CO)c1)CC(=O)CC2. The average molecular weight is 861 g/mol. The average Bonchev–Trinajstić information content (AvgIpc) is 3.23. The number of aromatic hydroxyl groups is 2. The van der Waals surface area contributed by atoms with Crippen LogP contribution in [0.1, 0.15) is 106 Å². The van der Waals surface area contributed by atoms with Crippen LogP contribution in [0, 0.1) is 0 Å². The Bertz CT molecular complexity index is 2090. The molecule has 0 radical (unpaired) electrons. The van der Waals surface area contributed by atoms with Crippen molar-refractivity contribution in [2.75, 3.05) is 31.3 Å². The molecule has 7 N–H and O–H groups in total. The zero-order valence-electron chi connectivity index (χ0n) is 34.7. The van der Waals surface area contributed by atoms with E-state index in [0.717, 1.165) is 71.6 Å². The first-order valence-electron chi connectivity index (χ1n) is 21.1. The molecule has 0 spiro atoms. The van der Waals surface area contributed by atoms with Gasteiger partial charge < -0.3 is 40.3 Å². The minimum atomic E-state index is -0.666. The number of ketones is 2. The molecule has 1 heterocycles. The molecule has 13 heteroatoms. The van der Waals surface area contributed by atoms with Crippen molar-refractivity contribution in [3.8, 4) is 28.4 Å². The van der Waals surface area contributed by atoms with E-state index < -0.39 is 24.0 Å². The Morgan fingerprint density at radius 3 is 2.55 bits per heavy atom. The fourth-order valence-electron chi connectivity index (χ4n) is 8.47. The lowest BCUT2D eigenvalue weighted by Gasteiger charge is -2.32. The van der Waals surface area contributed by atoms with Gasteiger partial charge in [-0.25, -0.2) is 0 Å². The first kappa shape index (κ1) is 45.7. The minimum Gasteiger partial charge on any atom is -0.508 e. The zero-order valence-corrected chi connectivity index (χ0v) is 36.3. The Hall–Kier alpha value is -3.82. The summed E-state index contributed by atoms with van der Waals surface area (Å²) in [5.41, 5.74) is 4.65. The van der Waals surface area contributed by atoms with Gasteiger partial charge in [0.1, 0.15) is 23.5 Å². The summed E-state index contributed by atoms with van der Waals surface area (Å²) in [6, 6.07) is 18.2. The Kier molecular flexibility index (Phi) is 16.6. The Morgan fingerprint density at radius 2 is 1.78 bits per heavy atom. The normalized spacial score (nSPS) is 19.6. The van der Waals surface area contributed by atoms with E-state index >= 15 is 0 Å². The van der Waals surface area contributed by atoms with Crippen LogP contribution in [-0.4, -0.2) is 80.9 Å². The van der Waals surface area contributed by atoms with Crippen LogP contribution < -0.4 is 15.4 Å². The monoisotopic (exact) mass is 860 g/mol. The molecule has 3 atom stereocenters. The van der Waals surface area contributed by atoms with Crippen molar-refractivity contribution in [3.05, 3.63) is 82.9 Å². The standard InChI is InChI=1S/C47H60N2O9S2/c1-30(51)26-49-42-17-10-33(23-34(42)27-50)46(48-22-6-21-47(56)19-4-3-5-20-47)58-38-15-14-37(54)28-59-60-29-41-39(16-9-31-7-12-36(53)25-40(31)41)44-32(8-13-35(52)24-38)11-18-43(55)45(44)57-2/h7,9-12,16-18,23,25,37-38,46,48-50,53-56H,3-6,8,13-15,19-22,24,26-29H2,1-2H3/t37-,38+,46-/m0/s1. The highest BCUT2D eigenvalue weighted by atomic mass is 33.1. The van der Waals surface area contributed by atoms with Crippen LogP contribution in [0.5, 0.6) is 17.2 Å². The summed E-state index contributed by atoms with van der Waals surface area (Å²) in [5, 5.41) is 62.7. The van der Waals surface area contributed by atoms with Gasteiger partial charge in [-0.05, 0) is 122 Å². The number of anilines is 1. The molecule has 4 aromatic carbocycles. The number of fused-ring (bicyclic) bond motifs is 5. The fourth-order valence-corrected chi connectivity index (χ4v) is 10.8. The number of carbonyl (C=O) groups is 2. The third-order valence-electron chi connectivity index (χ3n) is 11.7. The number of hydrogen-bond donors (Lipinski definition) is 7. The molecular formula is C47H60N2O9S2. The number of hydrogen-bond acceptors (Lipinski definition) is 13. The number of phenols is 2. The third kappa shape index (κ3) is 12.2. The molecule has 324 valence electrons. The summed E-state index contributed by atoms with van der Waals surface area (Å²) in [5.74, 6) is 1.36. The number of carbonyl (C=O) groups excluding carboxylic acids is 2. The van der Waals surface area contributed by atoms with E-state index in [9.17, 15) is 35.1 Å². The summed E-state index contributed by atoms with van der Waals surface area (Å²) in [7, 11) is 4.67. The number of phenolic OH excluding ortho intramolecular Hbond substituents is 2. The number of ether oxygens (including phenoxy) is 2. The molecule has 6 rings (SSSR count). The highest BCUT2D eigenvalue weighted by Gasteiger charge is 2.29. The van der Waals surface area contributed by atoms with Gasteiger partial charge in [0.25, 0.3) is 0 Å². The Morgan fingerprint density at radius 1 is 0.983 bits per heavy atom. The molecule has 1 saturated carbocycles. The summed E-state index contributed by atoms with van der Waals surface area (Å²) in [6.07, 6.45) is 5.81. The van der Waals surface area contributed by atoms with Gasteiger partial charge in [-0.2, -0.15) is 0 Å². The van der Waals surface area contributed by atoms with Crippen molar-refractivity contribution >= 4 is 49.6 Å². The molecule has 0 amide bonds. The van der Waals surface area contributed by atoms with Gasteiger partial charge in [-0.3, -0.25) is 14.9 Å². The second-order valence-corrected chi connectivity index (χ2v) is 18.8. The van der Waals surface area contributed by atoms with Gasteiger partial charge in [0.15, 0.2) is 11.5 Å². The Labute approximate surface area is 361 Å². The molecule has 60 heavy (non-hydrogen) atoms. The van der Waals surface area contributed by atoms with Crippen LogP contribution in [0.15, 0.2) is 60.7 Å². The van der Waals surface area contributed by atoms with Crippen molar-refractivity contribution in [3.63, 3.8) is 0 Å². The molecule has 11 nitrogen and oxygen atoms in total. The van der Waals surface area contributed by atoms with E-state index in [0.29, 0.717) is 66.3 Å². The number of nitrogens with one attached hydrogen (secondary N) is 2. The topological polar surface area (TPSA) is 178 Å². The van der Waals surface area contributed by atoms with Crippen LogP contribution in [0.2, 0.25) is 0 Å². The van der Waals surface area contributed by atoms with Gasteiger partial charge in [-0.15, -0.1) is 0 Å². The van der Waals surface area contributed by atoms with E-state index in [1.165, 1.54) is 14.0 Å². The number of methoxy groups -OCH3 is 1. The number of Topliss-reactive ketones (excluding diaryl/α,β-unsaturated/α-hetero) is 2. The van der Waals surface area contributed by atoms with Gasteiger partial charge in [0, 0.05) is 41.2 Å². The minimum absolute atomic E-state index is 0.0176. The second-order valence-electron chi connectivity index (χ2n) is 16.3. The molecular weight excluding hydrogens is 801 g/mol. The van der Waals surface area contributed by atoms with Crippen molar-refractivity contribution in [2.24, 2.45) is 0 Å². The number of benzene rings is 4. The quantitative estimate of drug-likeness (QED) is 0.0387. The van der Waals surface area contributed by atoms with Gasteiger partial charge in [0.2, 0.25) is 0 Å². The number of rotatable bonds is 13. The van der Waals surface area contributed by atoms with Gasteiger partial charge in [0.05, 0.1) is 38.1 Å². The molecule has 2 aliphatic rings. The van der Waals surface area contributed by atoms with E-state index in [-0.39, 0.29) is 49.1 Å². The summed E-state index contributed by atoms with van der Waals surface area (Å²) < 4.78 is 12.6. The predicted octanol–water partition coefficient (Wildman–Crippen LogP) is 8.50. The first-order chi connectivity index (χ1) is 29.0. The Balaban J connectivity index is 1.28. The maximum absolute atomic E-state index is 14.0. The molecule has 0 aromatic heterocycles. The lowest BCUT2D eigenvalue weighted by molar-refractivity contribution is -0.124. The number of aryl methyl sites for hydroxylation is 1. The predicted molar refractivity (Wildman–Crippen MR) is 241 cm³/mol. The highest BCUT2D eigenvalue weighted by Crippen LogP contribution is 2.46. The van der Waals surface area contributed by atoms with E-state index in [4.69, 9.17) is 9.47 Å². The molecule has 0 unspecified atom stereocenters. The van der Waals surface area contributed by atoms with E-state index in [1.807, 2.05) is 42.5 Å². The van der Waals surface area contributed by atoms with E-state index in [2.05, 4.69) is 10.6 Å². The van der Waals surface area contributed by atoms with Crippen LogP contribution >= 0.6 is 21.6 Å². The maximum Gasteiger partial charge on any atom is 0.168 e. The van der Waals surface area contributed by atoms with Crippen molar-refractivity contribution < 1.29 is 44.6 Å². The molecule has 4 aromatic rings. The highest BCUT2D eigenvalue weighted by molar-refractivity contribution is 8.76. The van der Waals surface area contributed by atoms with Crippen molar-refractivity contribution in [1.29, 1.82) is 0 Å².